The van der Waals surface area contributed by atoms with Gasteiger partial charge in [-0.05, 0) is 31.9 Å². The highest BCUT2D eigenvalue weighted by Gasteiger charge is 2.17. The van der Waals surface area contributed by atoms with Gasteiger partial charge in [-0.15, -0.1) is 0 Å². The van der Waals surface area contributed by atoms with Crippen molar-refractivity contribution in [2.45, 2.75) is 26.8 Å². The Morgan fingerprint density at radius 3 is 2.63 bits per heavy atom. The molecule has 0 amide bonds. The Kier molecular flexibility index (Phi) is 4.29. The molecule has 19 heavy (non-hydrogen) atoms. The molecule has 0 saturated heterocycles. The third-order valence-electron chi connectivity index (χ3n) is 2.97. The monoisotopic (exact) mass is 261 g/mol. The summed E-state index contributed by atoms with van der Waals surface area (Å²) in [6, 6.07) is 5.69. The fraction of sp³-hybridized carbons (Fsp3) is 0.429. The zero-order valence-corrected chi connectivity index (χ0v) is 11.5. The van der Waals surface area contributed by atoms with Crippen LogP contribution in [0.3, 0.4) is 0 Å². The minimum absolute atomic E-state index is 0.359. The van der Waals surface area contributed by atoms with Crippen LogP contribution in [0, 0.1) is 13.8 Å². The maximum Gasteiger partial charge on any atom is 0.258 e. The zero-order valence-electron chi connectivity index (χ0n) is 11.5. The molecule has 0 spiro atoms. The smallest absolute Gasteiger partial charge is 0.258 e. The summed E-state index contributed by atoms with van der Waals surface area (Å²) in [6.45, 7) is 6.97. The molecule has 1 aromatic carbocycles. The quantitative estimate of drug-likeness (QED) is 0.894. The summed E-state index contributed by atoms with van der Waals surface area (Å²) in [5, 5.41) is 3.94. The normalized spacial score (nSPS) is 12.6. The average molecular weight is 261 g/mol. The van der Waals surface area contributed by atoms with Gasteiger partial charge in [0.25, 0.3) is 5.89 Å². The first-order valence-electron chi connectivity index (χ1n) is 6.37. The highest BCUT2D eigenvalue weighted by molar-refractivity contribution is 5.62. The van der Waals surface area contributed by atoms with Gasteiger partial charge in [0, 0.05) is 12.2 Å². The predicted octanol–water partition coefficient (Wildman–Crippen LogP) is 2.39. The highest BCUT2D eigenvalue weighted by Crippen LogP contribution is 2.26. The van der Waals surface area contributed by atoms with Crippen LogP contribution in [0.25, 0.3) is 11.5 Å². The first-order valence-corrected chi connectivity index (χ1v) is 6.37. The lowest BCUT2D eigenvalue weighted by molar-refractivity contribution is 0.130. The summed E-state index contributed by atoms with van der Waals surface area (Å²) < 4.78 is 10.6. The summed E-state index contributed by atoms with van der Waals surface area (Å²) in [5.74, 6) is 0.989. The minimum Gasteiger partial charge on any atom is -0.380 e. The molecule has 1 heterocycles. The van der Waals surface area contributed by atoms with Crippen LogP contribution in [0.1, 0.15) is 29.9 Å². The molecule has 0 saturated carbocycles. The number of benzene rings is 1. The number of hydrogen-bond acceptors (Lipinski definition) is 5. The van der Waals surface area contributed by atoms with Gasteiger partial charge in [0.1, 0.15) is 0 Å². The van der Waals surface area contributed by atoms with Gasteiger partial charge in [0.15, 0.2) is 5.82 Å². The summed E-state index contributed by atoms with van der Waals surface area (Å²) in [6.07, 6.45) is 0. The van der Waals surface area contributed by atoms with E-state index >= 15 is 0 Å². The summed E-state index contributed by atoms with van der Waals surface area (Å²) >= 11 is 0. The summed E-state index contributed by atoms with van der Waals surface area (Å²) in [5.41, 5.74) is 9.13. The molecule has 0 aliphatic carbocycles. The SMILES string of the molecule is CCOCC(N)c1noc(-c2c(C)cccc2C)n1. The van der Waals surface area contributed by atoms with Crippen LogP contribution in [0.2, 0.25) is 0 Å². The van der Waals surface area contributed by atoms with Crippen LogP contribution in [0.5, 0.6) is 0 Å². The van der Waals surface area contributed by atoms with Crippen LogP contribution in [0.15, 0.2) is 22.7 Å². The Morgan fingerprint density at radius 2 is 2.00 bits per heavy atom. The molecule has 5 heteroatoms. The molecule has 0 aliphatic rings. The molecular weight excluding hydrogens is 242 g/mol. The summed E-state index contributed by atoms with van der Waals surface area (Å²) in [4.78, 5) is 4.37. The van der Waals surface area contributed by atoms with Crippen LogP contribution in [-0.4, -0.2) is 23.4 Å². The van der Waals surface area contributed by atoms with Crippen molar-refractivity contribution in [1.82, 2.24) is 10.1 Å². The van der Waals surface area contributed by atoms with Crippen LogP contribution < -0.4 is 5.73 Å². The fourth-order valence-corrected chi connectivity index (χ4v) is 1.96. The van der Waals surface area contributed by atoms with E-state index in [1.807, 2.05) is 39.0 Å². The number of ether oxygens (including phenoxy) is 1. The Balaban J connectivity index is 2.26. The number of rotatable bonds is 5. The van der Waals surface area contributed by atoms with Crippen LogP contribution in [0.4, 0.5) is 0 Å². The maximum absolute atomic E-state index is 5.94. The molecule has 0 fully saturated rings. The van der Waals surface area contributed by atoms with Crippen molar-refractivity contribution >= 4 is 0 Å². The lowest BCUT2D eigenvalue weighted by Gasteiger charge is -2.06. The Hall–Kier alpha value is -1.72. The standard InChI is InChI=1S/C14H19N3O2/c1-4-18-8-11(15)13-16-14(19-17-13)12-9(2)6-5-7-10(12)3/h5-7,11H,4,8,15H2,1-3H3. The molecule has 5 nitrogen and oxygen atoms in total. The van der Waals surface area contributed by atoms with Gasteiger partial charge in [-0.2, -0.15) is 4.98 Å². The summed E-state index contributed by atoms with van der Waals surface area (Å²) in [7, 11) is 0. The molecule has 2 rings (SSSR count). The molecule has 0 radical (unpaired) electrons. The van der Waals surface area contributed by atoms with Crippen molar-refractivity contribution in [1.29, 1.82) is 0 Å². The number of aromatic nitrogens is 2. The van der Waals surface area contributed by atoms with Gasteiger partial charge in [-0.1, -0.05) is 23.4 Å². The molecule has 0 bridgehead atoms. The van der Waals surface area contributed by atoms with Crippen molar-refractivity contribution < 1.29 is 9.26 Å². The van der Waals surface area contributed by atoms with Gasteiger partial charge in [0.05, 0.1) is 12.6 Å². The molecule has 2 aromatic rings. The van der Waals surface area contributed by atoms with Crippen molar-refractivity contribution in [2.24, 2.45) is 5.73 Å². The fourth-order valence-electron chi connectivity index (χ4n) is 1.96. The van der Waals surface area contributed by atoms with Crippen molar-refractivity contribution in [3.05, 3.63) is 35.2 Å². The molecule has 1 unspecified atom stereocenters. The van der Waals surface area contributed by atoms with Gasteiger partial charge in [-0.25, -0.2) is 0 Å². The van der Waals surface area contributed by atoms with E-state index in [-0.39, 0.29) is 6.04 Å². The molecule has 1 atom stereocenters. The predicted molar refractivity (Wildman–Crippen MR) is 72.6 cm³/mol. The minimum atomic E-state index is -0.359. The van der Waals surface area contributed by atoms with Gasteiger partial charge in [-0.3, -0.25) is 0 Å². The first-order chi connectivity index (χ1) is 9.13. The van der Waals surface area contributed by atoms with E-state index < -0.39 is 0 Å². The largest absolute Gasteiger partial charge is 0.380 e. The van der Waals surface area contributed by atoms with Crippen LogP contribution in [-0.2, 0) is 4.74 Å². The number of nitrogens with two attached hydrogens (primary N) is 1. The average Bonchev–Trinajstić information content (AvgIpc) is 2.85. The lowest BCUT2D eigenvalue weighted by atomic mass is 10.0. The van der Waals surface area contributed by atoms with E-state index in [4.69, 9.17) is 15.0 Å². The zero-order chi connectivity index (χ0) is 13.8. The first kappa shape index (κ1) is 13.7. The van der Waals surface area contributed by atoms with Crippen LogP contribution >= 0.6 is 0 Å². The topological polar surface area (TPSA) is 74.2 Å². The second-order valence-electron chi connectivity index (χ2n) is 4.49. The Bertz CT molecular complexity index is 531. The highest BCUT2D eigenvalue weighted by atomic mass is 16.5. The number of hydrogen-bond donors (Lipinski definition) is 1. The van der Waals surface area contributed by atoms with E-state index in [9.17, 15) is 0 Å². The van der Waals surface area contributed by atoms with E-state index in [0.717, 1.165) is 16.7 Å². The second kappa shape index (κ2) is 5.95. The van der Waals surface area contributed by atoms with E-state index in [1.165, 1.54) is 0 Å². The molecule has 1 aromatic heterocycles. The third kappa shape index (κ3) is 3.00. The second-order valence-corrected chi connectivity index (χ2v) is 4.49. The van der Waals surface area contributed by atoms with E-state index in [2.05, 4.69) is 10.1 Å². The van der Waals surface area contributed by atoms with E-state index in [0.29, 0.717) is 24.9 Å². The van der Waals surface area contributed by atoms with Crippen molar-refractivity contribution in [3.8, 4) is 11.5 Å². The van der Waals surface area contributed by atoms with Crippen molar-refractivity contribution in [3.63, 3.8) is 0 Å². The Labute approximate surface area is 112 Å². The van der Waals surface area contributed by atoms with E-state index in [1.54, 1.807) is 0 Å². The number of nitrogens with zero attached hydrogens (tertiary/aromatic N) is 2. The lowest BCUT2D eigenvalue weighted by Crippen LogP contribution is -2.18. The molecule has 0 aliphatic heterocycles. The van der Waals surface area contributed by atoms with Gasteiger partial charge in [0.2, 0.25) is 0 Å². The van der Waals surface area contributed by atoms with Gasteiger partial charge >= 0.3 is 0 Å². The molecular formula is C14H19N3O2. The number of aryl methyl sites for hydroxylation is 2. The molecule has 102 valence electrons. The maximum atomic E-state index is 5.94. The Morgan fingerprint density at radius 1 is 1.32 bits per heavy atom. The molecule has 2 N–H and O–H groups in total. The van der Waals surface area contributed by atoms with Gasteiger partial charge < -0.3 is 15.0 Å². The third-order valence-corrected chi connectivity index (χ3v) is 2.97. The van der Waals surface area contributed by atoms with Crippen molar-refractivity contribution in [2.75, 3.05) is 13.2 Å².